The summed E-state index contributed by atoms with van der Waals surface area (Å²) in [6.07, 6.45) is 0. The van der Waals surface area contributed by atoms with Crippen LogP contribution in [-0.2, 0) is 10.0 Å². The van der Waals surface area contributed by atoms with Crippen molar-refractivity contribution in [1.82, 2.24) is 0 Å². The van der Waals surface area contributed by atoms with Crippen LogP contribution in [0.15, 0.2) is 58.3 Å². The molecule has 0 fully saturated rings. The standard InChI is InChI=1S/C18H12ClNO3S2/c1-10-5-6-11(19)9-14(10)20-25(22,23)16-8-7-15-17-12(16)3-2-4-13(17)18(21)24-15/h2-9,20H,1H3. The Bertz CT molecular complexity index is 1160. The van der Waals surface area contributed by atoms with Gasteiger partial charge >= 0.3 is 0 Å². The van der Waals surface area contributed by atoms with Crippen LogP contribution in [-0.4, -0.2) is 13.5 Å². The minimum Gasteiger partial charge on any atom is -0.281 e. The molecule has 4 nitrogen and oxygen atoms in total. The van der Waals surface area contributed by atoms with Gasteiger partial charge in [0.2, 0.25) is 5.12 Å². The Morgan fingerprint density at radius 3 is 2.68 bits per heavy atom. The molecule has 0 saturated carbocycles. The average Bonchev–Trinajstić information content (AvgIpc) is 2.89. The molecule has 0 spiro atoms. The fraction of sp³-hybridized carbons (Fsp3) is 0.0556. The molecule has 0 radical (unpaired) electrons. The van der Waals surface area contributed by atoms with Crippen LogP contribution in [0.2, 0.25) is 5.02 Å². The lowest BCUT2D eigenvalue weighted by atomic mass is 10.1. The molecule has 3 aromatic rings. The molecule has 0 bridgehead atoms. The molecule has 1 aliphatic rings. The molecule has 0 aromatic heterocycles. The maximum Gasteiger partial charge on any atom is 0.262 e. The molecule has 1 aliphatic heterocycles. The fourth-order valence-corrected chi connectivity index (χ4v) is 5.33. The predicted molar refractivity (Wildman–Crippen MR) is 101 cm³/mol. The lowest BCUT2D eigenvalue weighted by Crippen LogP contribution is -2.14. The highest BCUT2D eigenvalue weighted by atomic mass is 35.5. The van der Waals surface area contributed by atoms with Crippen molar-refractivity contribution in [3.8, 4) is 0 Å². The van der Waals surface area contributed by atoms with Gasteiger partial charge in [-0.2, -0.15) is 0 Å². The summed E-state index contributed by atoms with van der Waals surface area (Å²) in [4.78, 5) is 13.0. The van der Waals surface area contributed by atoms with Gasteiger partial charge < -0.3 is 0 Å². The Hall–Kier alpha value is -2.02. The number of nitrogens with one attached hydrogen (secondary N) is 1. The summed E-state index contributed by atoms with van der Waals surface area (Å²) in [7, 11) is -3.83. The number of carbonyl (C=O) groups is 1. The topological polar surface area (TPSA) is 63.2 Å². The van der Waals surface area contributed by atoms with E-state index >= 15 is 0 Å². The largest absolute Gasteiger partial charge is 0.281 e. The van der Waals surface area contributed by atoms with Gasteiger partial charge in [-0.1, -0.05) is 29.8 Å². The quantitative estimate of drug-likeness (QED) is 0.695. The molecule has 0 atom stereocenters. The molecule has 7 heteroatoms. The molecule has 0 amide bonds. The molecule has 0 unspecified atom stereocenters. The highest BCUT2D eigenvalue weighted by Gasteiger charge is 2.27. The highest BCUT2D eigenvalue weighted by molar-refractivity contribution is 8.14. The Morgan fingerprint density at radius 2 is 1.88 bits per heavy atom. The van der Waals surface area contributed by atoms with Crippen LogP contribution in [0, 0.1) is 6.92 Å². The van der Waals surface area contributed by atoms with Gasteiger partial charge in [0.05, 0.1) is 10.6 Å². The van der Waals surface area contributed by atoms with Crippen molar-refractivity contribution < 1.29 is 13.2 Å². The second kappa shape index (κ2) is 5.76. The van der Waals surface area contributed by atoms with E-state index in [9.17, 15) is 13.2 Å². The van der Waals surface area contributed by atoms with Crippen LogP contribution in [0.25, 0.3) is 10.8 Å². The molecule has 3 aromatic carbocycles. The number of rotatable bonds is 3. The van der Waals surface area contributed by atoms with Gasteiger partial charge in [-0.3, -0.25) is 9.52 Å². The maximum absolute atomic E-state index is 13.0. The van der Waals surface area contributed by atoms with Gasteiger partial charge in [0.1, 0.15) is 0 Å². The zero-order valence-corrected chi connectivity index (χ0v) is 15.4. The summed E-state index contributed by atoms with van der Waals surface area (Å²) in [6, 6.07) is 13.4. The zero-order chi connectivity index (χ0) is 17.8. The Morgan fingerprint density at radius 1 is 1.08 bits per heavy atom. The van der Waals surface area contributed by atoms with Crippen molar-refractivity contribution in [2.75, 3.05) is 4.72 Å². The van der Waals surface area contributed by atoms with E-state index < -0.39 is 10.0 Å². The molecule has 0 aliphatic carbocycles. The zero-order valence-electron chi connectivity index (χ0n) is 13.0. The van der Waals surface area contributed by atoms with Crippen molar-refractivity contribution in [3.63, 3.8) is 0 Å². The van der Waals surface area contributed by atoms with Gasteiger partial charge in [-0.05, 0) is 54.6 Å². The van der Waals surface area contributed by atoms with E-state index in [1.54, 1.807) is 49.4 Å². The second-order valence-corrected chi connectivity index (χ2v) is 8.85. The number of thioether (sulfide) groups is 1. The Labute approximate surface area is 154 Å². The van der Waals surface area contributed by atoms with Crippen molar-refractivity contribution in [3.05, 3.63) is 64.7 Å². The third-order valence-electron chi connectivity index (χ3n) is 4.12. The Balaban J connectivity index is 1.89. The number of hydrogen-bond acceptors (Lipinski definition) is 4. The number of sulfonamides is 1. The molecule has 1 N–H and O–H groups in total. The normalized spacial score (nSPS) is 13.4. The highest BCUT2D eigenvalue weighted by Crippen LogP contribution is 2.42. The summed E-state index contributed by atoms with van der Waals surface area (Å²) < 4.78 is 28.5. The molecule has 25 heavy (non-hydrogen) atoms. The smallest absolute Gasteiger partial charge is 0.262 e. The number of hydrogen-bond donors (Lipinski definition) is 1. The first kappa shape index (κ1) is 16.4. The predicted octanol–water partition coefficient (Wildman–Crippen LogP) is 4.85. The van der Waals surface area contributed by atoms with Crippen molar-refractivity contribution in [2.24, 2.45) is 0 Å². The van der Waals surface area contributed by atoms with Gasteiger partial charge in [0.15, 0.2) is 0 Å². The number of anilines is 1. The van der Waals surface area contributed by atoms with Crippen LogP contribution in [0.5, 0.6) is 0 Å². The minimum atomic E-state index is -3.83. The molecule has 4 rings (SSSR count). The summed E-state index contributed by atoms with van der Waals surface area (Å²) in [5.74, 6) is 0. The lowest BCUT2D eigenvalue weighted by molar-refractivity contribution is 0.109. The monoisotopic (exact) mass is 389 g/mol. The number of aryl methyl sites for hydroxylation is 1. The van der Waals surface area contributed by atoms with E-state index in [1.807, 2.05) is 0 Å². The lowest BCUT2D eigenvalue weighted by Gasteiger charge is -2.13. The first-order valence-corrected chi connectivity index (χ1v) is 10.1. The summed E-state index contributed by atoms with van der Waals surface area (Å²) in [5.41, 5.74) is 1.75. The number of halogens is 1. The summed E-state index contributed by atoms with van der Waals surface area (Å²) in [6.45, 7) is 1.80. The first-order valence-electron chi connectivity index (χ1n) is 7.44. The summed E-state index contributed by atoms with van der Waals surface area (Å²) in [5, 5.41) is 1.63. The van der Waals surface area contributed by atoms with Crippen molar-refractivity contribution in [2.45, 2.75) is 16.7 Å². The van der Waals surface area contributed by atoms with Crippen LogP contribution < -0.4 is 4.72 Å². The van der Waals surface area contributed by atoms with E-state index in [-0.39, 0.29) is 10.0 Å². The third-order valence-corrected chi connectivity index (χ3v) is 6.74. The van der Waals surface area contributed by atoms with E-state index in [0.717, 1.165) is 22.2 Å². The Kier molecular flexibility index (Phi) is 3.79. The van der Waals surface area contributed by atoms with Gasteiger partial charge in [0, 0.05) is 26.3 Å². The van der Waals surface area contributed by atoms with Gasteiger partial charge in [-0.25, -0.2) is 8.42 Å². The van der Waals surface area contributed by atoms with E-state index in [0.29, 0.717) is 27.0 Å². The molecule has 0 saturated heterocycles. The third kappa shape index (κ3) is 2.70. The van der Waals surface area contributed by atoms with Crippen LogP contribution in [0.1, 0.15) is 15.9 Å². The van der Waals surface area contributed by atoms with E-state index in [4.69, 9.17) is 11.6 Å². The molecular formula is C18H12ClNO3S2. The second-order valence-electron chi connectivity index (χ2n) is 5.74. The van der Waals surface area contributed by atoms with Crippen molar-refractivity contribution in [1.29, 1.82) is 0 Å². The molecule has 126 valence electrons. The maximum atomic E-state index is 13.0. The average molecular weight is 390 g/mol. The van der Waals surface area contributed by atoms with E-state index in [1.165, 1.54) is 6.07 Å². The van der Waals surface area contributed by atoms with Crippen LogP contribution >= 0.6 is 23.4 Å². The SMILES string of the molecule is Cc1ccc(Cl)cc1NS(=O)(=O)c1ccc2c3c(cccc13)C(=O)S2. The van der Waals surface area contributed by atoms with Crippen LogP contribution in [0.3, 0.4) is 0 Å². The van der Waals surface area contributed by atoms with Gasteiger partial charge in [0.25, 0.3) is 10.0 Å². The molecule has 1 heterocycles. The summed E-state index contributed by atoms with van der Waals surface area (Å²) >= 11 is 7.10. The molecular weight excluding hydrogens is 378 g/mol. The number of carbonyl (C=O) groups excluding carboxylic acids is 1. The van der Waals surface area contributed by atoms with E-state index in [2.05, 4.69) is 4.72 Å². The number of benzene rings is 3. The van der Waals surface area contributed by atoms with Gasteiger partial charge in [-0.15, -0.1) is 0 Å². The van der Waals surface area contributed by atoms with Crippen molar-refractivity contribution >= 4 is 55.0 Å². The minimum absolute atomic E-state index is 0.0613. The first-order chi connectivity index (χ1) is 11.9. The van der Waals surface area contributed by atoms with Crippen LogP contribution in [0.4, 0.5) is 5.69 Å². The fourth-order valence-electron chi connectivity index (χ4n) is 2.90.